The smallest absolute Gasteiger partial charge is 0.263 e. The van der Waals surface area contributed by atoms with Crippen molar-refractivity contribution in [3.63, 3.8) is 0 Å². The Kier molecular flexibility index (Phi) is 4.99. The summed E-state index contributed by atoms with van der Waals surface area (Å²) in [5.41, 5.74) is 5.30. The zero-order valence-corrected chi connectivity index (χ0v) is 18.2. The van der Waals surface area contributed by atoms with E-state index >= 15 is 0 Å². The van der Waals surface area contributed by atoms with E-state index in [1.165, 1.54) is 38.7 Å². The Bertz CT molecular complexity index is 1360. The Morgan fingerprint density at radius 1 is 1.19 bits per heavy atom. The minimum atomic E-state index is -4.34. The number of rotatable bonds is 4. The number of methoxy groups -OCH3 is 1. The minimum absolute atomic E-state index is 0.0579. The van der Waals surface area contributed by atoms with Crippen molar-refractivity contribution in [1.29, 1.82) is 0 Å². The van der Waals surface area contributed by atoms with E-state index in [4.69, 9.17) is 10.5 Å². The van der Waals surface area contributed by atoms with Crippen LogP contribution in [0.25, 0.3) is 11.0 Å². The maximum absolute atomic E-state index is 14.8. The quantitative estimate of drug-likeness (QED) is 0.605. The van der Waals surface area contributed by atoms with Crippen molar-refractivity contribution in [3.05, 3.63) is 48.2 Å². The van der Waals surface area contributed by atoms with Gasteiger partial charge >= 0.3 is 0 Å². The van der Waals surface area contributed by atoms with Crippen molar-refractivity contribution in [1.82, 2.24) is 15.0 Å². The Morgan fingerprint density at radius 3 is 2.62 bits per heavy atom. The molecule has 0 unspecified atom stereocenters. The lowest BCUT2D eigenvalue weighted by Gasteiger charge is -2.35. The number of nitrogens with zero attached hydrogens (tertiary/aromatic N) is 4. The van der Waals surface area contributed by atoms with Gasteiger partial charge in [0.1, 0.15) is 34.8 Å². The molecule has 2 aromatic heterocycles. The first-order chi connectivity index (χ1) is 15.0. The number of ether oxygens (including phenoxy) is 1. The van der Waals surface area contributed by atoms with E-state index in [2.05, 4.69) is 25.3 Å². The molecule has 4 rings (SSSR count). The van der Waals surface area contributed by atoms with Gasteiger partial charge in [0.2, 0.25) is 0 Å². The van der Waals surface area contributed by atoms with E-state index < -0.39 is 37.8 Å². The lowest BCUT2D eigenvalue weighted by molar-refractivity contribution is 0.354. The monoisotopic (exact) mass is 462 g/mol. The third kappa shape index (κ3) is 3.49. The number of amidine groups is 1. The molecule has 2 atom stereocenters. The molecule has 3 heterocycles. The standard InChI is InChI=1S/C20H20F2N6O3S/c1-19(9-32(29,30)20(2,22)18(23)28-19)13-6-11(4-5-14(13)21)27-17-16-15(25-10-26-17)7-12(31-3)8-24-16/h4-8,10H,9H2,1-3H3,(H2,23,28)(H,25,26,27)/t19-,20+/m0/s1. The molecule has 32 heavy (non-hydrogen) atoms. The number of pyridine rings is 1. The molecule has 0 radical (unpaired) electrons. The summed E-state index contributed by atoms with van der Waals surface area (Å²) in [5.74, 6) is -1.30. The zero-order chi connectivity index (χ0) is 23.3. The van der Waals surface area contributed by atoms with Gasteiger partial charge in [-0.2, -0.15) is 0 Å². The van der Waals surface area contributed by atoms with E-state index in [0.717, 1.165) is 13.0 Å². The number of aliphatic imine (C=N–C) groups is 1. The van der Waals surface area contributed by atoms with Crippen molar-refractivity contribution in [2.45, 2.75) is 24.4 Å². The van der Waals surface area contributed by atoms with Gasteiger partial charge in [-0.3, -0.25) is 4.99 Å². The molecule has 1 aliphatic heterocycles. The summed E-state index contributed by atoms with van der Waals surface area (Å²) in [6.07, 6.45) is 2.84. The maximum atomic E-state index is 14.8. The van der Waals surface area contributed by atoms with Gasteiger partial charge in [-0.15, -0.1) is 0 Å². The Hall–Kier alpha value is -3.41. The molecule has 1 aliphatic rings. The molecule has 9 nitrogen and oxygen atoms in total. The fraction of sp³-hybridized carbons (Fsp3) is 0.300. The van der Waals surface area contributed by atoms with Crippen molar-refractivity contribution in [3.8, 4) is 5.75 Å². The molecule has 12 heteroatoms. The number of halogens is 2. The topological polar surface area (TPSA) is 132 Å². The second-order valence-corrected chi connectivity index (χ2v) is 10.0. The van der Waals surface area contributed by atoms with Crippen LogP contribution in [0.5, 0.6) is 5.75 Å². The minimum Gasteiger partial charge on any atom is -0.495 e. The molecule has 0 spiro atoms. The van der Waals surface area contributed by atoms with E-state index in [9.17, 15) is 17.2 Å². The van der Waals surface area contributed by atoms with E-state index in [1.54, 1.807) is 6.07 Å². The van der Waals surface area contributed by atoms with Crippen LogP contribution in [0, 0.1) is 5.82 Å². The normalized spacial score (nSPS) is 24.7. The number of benzene rings is 1. The van der Waals surface area contributed by atoms with Crippen LogP contribution in [0.2, 0.25) is 0 Å². The number of sulfone groups is 1. The van der Waals surface area contributed by atoms with Gasteiger partial charge in [0.15, 0.2) is 15.7 Å². The molecule has 0 amide bonds. The largest absolute Gasteiger partial charge is 0.495 e. The summed E-state index contributed by atoms with van der Waals surface area (Å²) < 4.78 is 59.5. The van der Waals surface area contributed by atoms with Crippen molar-refractivity contribution >= 4 is 38.2 Å². The highest BCUT2D eigenvalue weighted by atomic mass is 32.2. The molecule has 168 valence electrons. The van der Waals surface area contributed by atoms with Gasteiger partial charge in [-0.1, -0.05) is 0 Å². The third-order valence-corrected chi connectivity index (χ3v) is 7.69. The lowest BCUT2D eigenvalue weighted by atomic mass is 9.93. The van der Waals surface area contributed by atoms with Crippen LogP contribution >= 0.6 is 0 Å². The number of nitrogens with two attached hydrogens (primary N) is 1. The Morgan fingerprint density at radius 2 is 1.94 bits per heavy atom. The van der Waals surface area contributed by atoms with Gasteiger partial charge in [-0.05, 0) is 32.0 Å². The average molecular weight is 462 g/mol. The highest BCUT2D eigenvalue weighted by Crippen LogP contribution is 2.39. The van der Waals surface area contributed by atoms with Crippen molar-refractivity contribution in [2.24, 2.45) is 10.7 Å². The number of anilines is 2. The summed E-state index contributed by atoms with van der Waals surface area (Å²) in [5, 5.41) is 0.218. The van der Waals surface area contributed by atoms with Crippen LogP contribution in [0.15, 0.2) is 41.8 Å². The number of hydrogen-bond acceptors (Lipinski definition) is 9. The van der Waals surface area contributed by atoms with Crippen LogP contribution < -0.4 is 15.8 Å². The van der Waals surface area contributed by atoms with E-state index in [1.807, 2.05) is 0 Å². The number of alkyl halides is 1. The fourth-order valence-electron chi connectivity index (χ4n) is 3.48. The molecule has 0 saturated heterocycles. The van der Waals surface area contributed by atoms with Crippen LogP contribution in [-0.2, 0) is 15.4 Å². The predicted molar refractivity (Wildman–Crippen MR) is 116 cm³/mol. The molecule has 0 aliphatic carbocycles. The molecule has 3 aromatic rings. The van der Waals surface area contributed by atoms with Crippen molar-refractivity contribution in [2.75, 3.05) is 18.2 Å². The van der Waals surface area contributed by atoms with Gasteiger partial charge in [0.25, 0.3) is 5.00 Å². The van der Waals surface area contributed by atoms with Gasteiger partial charge < -0.3 is 15.8 Å². The van der Waals surface area contributed by atoms with Crippen LogP contribution in [0.1, 0.15) is 19.4 Å². The summed E-state index contributed by atoms with van der Waals surface area (Å²) >= 11 is 0. The maximum Gasteiger partial charge on any atom is 0.263 e. The van der Waals surface area contributed by atoms with Gasteiger partial charge in [-0.25, -0.2) is 32.2 Å². The fourth-order valence-corrected chi connectivity index (χ4v) is 5.08. The Labute approximate surface area is 182 Å². The number of fused-ring (bicyclic) bond motifs is 1. The van der Waals surface area contributed by atoms with Crippen LogP contribution in [-0.4, -0.2) is 47.1 Å². The van der Waals surface area contributed by atoms with Crippen molar-refractivity contribution < 1.29 is 21.9 Å². The van der Waals surface area contributed by atoms with Gasteiger partial charge in [0.05, 0.1) is 24.6 Å². The Balaban J connectivity index is 1.77. The van der Waals surface area contributed by atoms with Crippen LogP contribution in [0.3, 0.4) is 0 Å². The summed E-state index contributed by atoms with van der Waals surface area (Å²) in [6, 6.07) is 5.68. The summed E-state index contributed by atoms with van der Waals surface area (Å²) in [4.78, 5) is 16.7. The first-order valence-electron chi connectivity index (χ1n) is 9.46. The highest BCUT2D eigenvalue weighted by Gasteiger charge is 2.53. The molecular weight excluding hydrogens is 442 g/mol. The van der Waals surface area contributed by atoms with E-state index in [0.29, 0.717) is 28.3 Å². The third-order valence-electron chi connectivity index (χ3n) is 5.38. The average Bonchev–Trinajstić information content (AvgIpc) is 2.73. The lowest BCUT2D eigenvalue weighted by Crippen LogP contribution is -2.54. The molecular formula is C20H20F2N6O3S. The molecule has 3 N–H and O–H groups in total. The zero-order valence-electron chi connectivity index (χ0n) is 17.4. The molecule has 1 aromatic carbocycles. The second-order valence-electron chi connectivity index (χ2n) is 7.73. The van der Waals surface area contributed by atoms with Crippen LogP contribution in [0.4, 0.5) is 20.3 Å². The molecule has 0 bridgehead atoms. The first kappa shape index (κ1) is 21.8. The summed E-state index contributed by atoms with van der Waals surface area (Å²) in [6.45, 7) is 2.22. The molecule has 0 saturated carbocycles. The highest BCUT2D eigenvalue weighted by molar-refractivity contribution is 7.93. The second kappa shape index (κ2) is 7.33. The SMILES string of the molecule is COc1cnc2c(Nc3ccc(F)c([C@]4(C)CS(=O)(=O)[C@@](C)(F)C(N)=N4)c3)ncnc2c1. The first-order valence-corrected chi connectivity index (χ1v) is 11.1. The summed E-state index contributed by atoms with van der Waals surface area (Å²) in [7, 11) is -2.83. The number of hydrogen-bond donors (Lipinski definition) is 2. The number of aromatic nitrogens is 3. The van der Waals surface area contributed by atoms with Gasteiger partial charge in [0, 0.05) is 17.3 Å². The number of nitrogens with one attached hydrogen (secondary N) is 1. The predicted octanol–water partition coefficient (Wildman–Crippen LogP) is 2.60. The molecule has 0 fully saturated rings. The van der Waals surface area contributed by atoms with E-state index in [-0.39, 0.29) is 5.56 Å².